The van der Waals surface area contributed by atoms with Gasteiger partial charge in [-0.15, -0.1) is 0 Å². The van der Waals surface area contributed by atoms with Gasteiger partial charge in [0.05, 0.1) is 0 Å². The van der Waals surface area contributed by atoms with Gasteiger partial charge in [-0.3, -0.25) is 0 Å². The van der Waals surface area contributed by atoms with Gasteiger partial charge in [0.25, 0.3) is 0 Å². The average Bonchev–Trinajstić information content (AvgIpc) is 1.14. The number of hydrogen-bond acceptors (Lipinski definition) is 0. The van der Waals surface area contributed by atoms with E-state index in [2.05, 4.69) is 39.3 Å². The van der Waals surface area contributed by atoms with Crippen LogP contribution >= 0.6 is 0 Å². The summed E-state index contributed by atoms with van der Waals surface area (Å²) in [5, 5.41) is 0. The van der Waals surface area contributed by atoms with Crippen molar-refractivity contribution < 1.29 is 51.4 Å². The van der Waals surface area contributed by atoms with Crippen molar-refractivity contribution in [3.63, 3.8) is 0 Å². The van der Waals surface area contributed by atoms with E-state index in [1.165, 1.54) is 0 Å². The predicted molar refractivity (Wildman–Crippen MR) is 55.8 cm³/mol. The number of hydrogen-bond donors (Lipinski definition) is 0. The van der Waals surface area contributed by atoms with Gasteiger partial charge in [-0.05, 0) is 0 Å². The SMILES string of the molecule is C[Si](C)(C)[N-][Si](C)(C)C.[K+].[K]. The molecule has 0 aliphatic carbocycles. The smallest absolute Gasteiger partial charge is 0.668 e. The first-order valence-corrected chi connectivity index (χ1v) is 10.3. The molecular formula is C6H18K2NSi2. The second-order valence-corrected chi connectivity index (χ2v) is 14.0. The Hall–Kier alpha value is 3.67. The molecule has 0 N–H and O–H groups in total. The Kier molecular flexibility index (Phi) is 14.4. The van der Waals surface area contributed by atoms with Crippen molar-refractivity contribution in [2.24, 2.45) is 0 Å². The van der Waals surface area contributed by atoms with Crippen molar-refractivity contribution in [1.82, 2.24) is 0 Å². The summed E-state index contributed by atoms with van der Waals surface area (Å²) in [6, 6.07) is 0. The van der Waals surface area contributed by atoms with E-state index in [-0.39, 0.29) is 103 Å². The fraction of sp³-hybridized carbons (Fsp3) is 1.00. The molecule has 0 aliphatic heterocycles. The molecule has 0 heterocycles. The van der Waals surface area contributed by atoms with Crippen LogP contribution in [0.15, 0.2) is 0 Å². The van der Waals surface area contributed by atoms with Crippen LogP contribution in [-0.4, -0.2) is 67.9 Å². The van der Waals surface area contributed by atoms with E-state index in [1.807, 2.05) is 0 Å². The van der Waals surface area contributed by atoms with Crippen LogP contribution in [-0.2, 0) is 0 Å². The Morgan fingerprint density at radius 2 is 0.909 bits per heavy atom. The molecule has 5 heteroatoms. The standard InChI is InChI=1S/C6H18NSi2.2K/c1-8(2,3)7-9(4,5)6;;/h1-6H3;;/q-1;;+1. The van der Waals surface area contributed by atoms with Gasteiger partial charge in [-0.1, -0.05) is 55.8 Å². The molecule has 0 rings (SSSR count). The van der Waals surface area contributed by atoms with Gasteiger partial charge in [-0.2, -0.15) is 0 Å². The monoisotopic (exact) mass is 238 g/mol. The minimum absolute atomic E-state index is 0. The third-order valence-electron chi connectivity index (χ3n) is 0.671. The molecule has 0 amide bonds. The topological polar surface area (TPSA) is 14.1 Å². The molecule has 0 saturated heterocycles. The first-order chi connectivity index (χ1) is 3.71. The molecule has 0 unspecified atom stereocenters. The molecule has 0 spiro atoms. The van der Waals surface area contributed by atoms with Gasteiger partial charge < -0.3 is 4.65 Å². The van der Waals surface area contributed by atoms with Crippen molar-refractivity contribution in [2.45, 2.75) is 39.3 Å². The van der Waals surface area contributed by atoms with E-state index in [4.69, 9.17) is 4.65 Å². The van der Waals surface area contributed by atoms with E-state index < -0.39 is 16.5 Å². The molecular weight excluding hydrogens is 220 g/mol. The maximum absolute atomic E-state index is 4.82. The third-order valence-corrected chi connectivity index (χ3v) is 6.04. The molecule has 0 atom stereocenters. The minimum atomic E-state index is -1.11. The Morgan fingerprint density at radius 1 is 0.727 bits per heavy atom. The van der Waals surface area contributed by atoms with Gasteiger partial charge in [-0.25, -0.2) is 0 Å². The molecule has 0 aromatic carbocycles. The zero-order valence-corrected chi connectivity index (χ0v) is 17.7. The van der Waals surface area contributed by atoms with Crippen LogP contribution in [0.3, 0.4) is 0 Å². The molecule has 0 aliphatic rings. The van der Waals surface area contributed by atoms with Crippen molar-refractivity contribution >= 4 is 67.9 Å². The van der Waals surface area contributed by atoms with Crippen LogP contribution in [0.2, 0.25) is 39.3 Å². The van der Waals surface area contributed by atoms with Gasteiger partial charge in [0.1, 0.15) is 0 Å². The van der Waals surface area contributed by atoms with Crippen molar-refractivity contribution in [1.29, 1.82) is 0 Å². The molecule has 0 saturated carbocycles. The Morgan fingerprint density at radius 3 is 0.909 bits per heavy atom. The molecule has 1 radical (unpaired) electrons. The first kappa shape index (κ1) is 20.1. The second-order valence-electron chi connectivity index (χ2n) is 4.45. The quantitative estimate of drug-likeness (QED) is 0.584. The van der Waals surface area contributed by atoms with Crippen LogP contribution in [0.5, 0.6) is 0 Å². The fourth-order valence-electron chi connectivity index (χ4n) is 1.01. The summed E-state index contributed by atoms with van der Waals surface area (Å²) in [6.07, 6.45) is 0. The summed E-state index contributed by atoms with van der Waals surface area (Å²) in [7, 11) is -2.21. The molecule has 0 fully saturated rings. The maximum Gasteiger partial charge on any atom is 1.00 e. The summed E-state index contributed by atoms with van der Waals surface area (Å²) in [6.45, 7) is 13.8. The fourth-order valence-corrected chi connectivity index (χ4v) is 9.06. The zero-order valence-electron chi connectivity index (χ0n) is 9.45. The van der Waals surface area contributed by atoms with E-state index >= 15 is 0 Å². The Balaban J connectivity index is -0.000000320. The van der Waals surface area contributed by atoms with Crippen LogP contribution in [0.4, 0.5) is 0 Å². The van der Waals surface area contributed by atoms with E-state index in [9.17, 15) is 0 Å². The van der Waals surface area contributed by atoms with E-state index in [1.54, 1.807) is 0 Å². The third kappa shape index (κ3) is 19.9. The van der Waals surface area contributed by atoms with Crippen molar-refractivity contribution in [3.8, 4) is 0 Å². The van der Waals surface area contributed by atoms with Gasteiger partial charge in [0, 0.05) is 51.4 Å². The van der Waals surface area contributed by atoms with E-state index in [0.29, 0.717) is 0 Å². The Labute approximate surface area is 159 Å². The van der Waals surface area contributed by atoms with Gasteiger partial charge >= 0.3 is 51.4 Å². The van der Waals surface area contributed by atoms with E-state index in [0.717, 1.165) is 0 Å². The van der Waals surface area contributed by atoms with Crippen molar-refractivity contribution in [3.05, 3.63) is 4.65 Å². The summed E-state index contributed by atoms with van der Waals surface area (Å²) in [5.41, 5.74) is 0. The first-order valence-electron chi connectivity index (χ1n) is 3.45. The van der Waals surface area contributed by atoms with Crippen molar-refractivity contribution in [2.75, 3.05) is 0 Å². The molecule has 0 aromatic heterocycles. The average molecular weight is 239 g/mol. The zero-order chi connectivity index (χ0) is 7.71. The molecule has 57 valence electrons. The summed E-state index contributed by atoms with van der Waals surface area (Å²) in [5.74, 6) is 0. The summed E-state index contributed by atoms with van der Waals surface area (Å²) < 4.78 is 4.82. The maximum atomic E-state index is 4.82. The Bertz CT molecular complexity index is 83.7. The molecule has 11 heavy (non-hydrogen) atoms. The number of rotatable bonds is 2. The van der Waals surface area contributed by atoms with Crippen LogP contribution in [0.1, 0.15) is 0 Å². The summed E-state index contributed by atoms with van der Waals surface area (Å²) >= 11 is 0. The van der Waals surface area contributed by atoms with Crippen LogP contribution in [0.25, 0.3) is 4.65 Å². The molecule has 0 aromatic rings. The number of nitrogens with zero attached hydrogens (tertiary/aromatic N) is 1. The predicted octanol–water partition coefficient (Wildman–Crippen LogP) is -0.347. The van der Waals surface area contributed by atoms with Crippen LogP contribution in [0, 0.1) is 0 Å². The normalized spacial score (nSPS) is 11.5. The largest absolute Gasteiger partial charge is 1.00 e. The van der Waals surface area contributed by atoms with Crippen LogP contribution < -0.4 is 51.4 Å². The minimum Gasteiger partial charge on any atom is -0.668 e. The van der Waals surface area contributed by atoms with Gasteiger partial charge in [0.15, 0.2) is 0 Å². The second kappa shape index (κ2) is 7.89. The molecule has 0 bridgehead atoms. The molecule has 1 nitrogen and oxygen atoms in total. The van der Waals surface area contributed by atoms with Gasteiger partial charge in [0.2, 0.25) is 0 Å². The summed E-state index contributed by atoms with van der Waals surface area (Å²) in [4.78, 5) is 0.